The van der Waals surface area contributed by atoms with Crippen molar-refractivity contribution in [2.75, 3.05) is 19.6 Å². The van der Waals surface area contributed by atoms with Gasteiger partial charge in [0.2, 0.25) is 0 Å². The lowest BCUT2D eigenvalue weighted by Gasteiger charge is -2.14. The van der Waals surface area contributed by atoms with Crippen molar-refractivity contribution < 1.29 is 4.79 Å². The van der Waals surface area contributed by atoms with Crippen molar-refractivity contribution >= 4 is 29.0 Å². The second kappa shape index (κ2) is 6.25. The lowest BCUT2D eigenvalue weighted by molar-refractivity contribution is 0.0968. The van der Waals surface area contributed by atoms with E-state index in [4.69, 9.17) is 23.2 Å². The van der Waals surface area contributed by atoms with Gasteiger partial charge >= 0.3 is 0 Å². The van der Waals surface area contributed by atoms with Gasteiger partial charge < -0.3 is 4.90 Å². The van der Waals surface area contributed by atoms with Crippen molar-refractivity contribution in [3.05, 3.63) is 33.8 Å². The predicted molar refractivity (Wildman–Crippen MR) is 80.2 cm³/mol. The Morgan fingerprint density at radius 1 is 1.26 bits per heavy atom. The van der Waals surface area contributed by atoms with Crippen LogP contribution in [0, 0.1) is 11.8 Å². The molecule has 2 nitrogen and oxygen atoms in total. The normalized spacial score (nSPS) is 23.8. The second-order valence-corrected chi connectivity index (χ2v) is 6.27. The van der Waals surface area contributed by atoms with Gasteiger partial charge in [0.1, 0.15) is 0 Å². The van der Waals surface area contributed by atoms with Crippen LogP contribution in [0.15, 0.2) is 18.2 Å². The molecule has 1 aliphatic heterocycles. The molecule has 1 saturated heterocycles. The van der Waals surface area contributed by atoms with E-state index in [1.807, 2.05) is 0 Å². The molecule has 0 radical (unpaired) electrons. The maximum absolute atomic E-state index is 12.2. The Morgan fingerprint density at radius 3 is 2.53 bits per heavy atom. The summed E-state index contributed by atoms with van der Waals surface area (Å²) in [6, 6.07) is 5.21. The fourth-order valence-corrected chi connectivity index (χ4v) is 2.95. The number of ketones is 1. The van der Waals surface area contributed by atoms with Gasteiger partial charge in [-0.3, -0.25) is 4.79 Å². The molecule has 0 amide bonds. The molecule has 2 rings (SSSR count). The molecule has 1 fully saturated rings. The van der Waals surface area contributed by atoms with Gasteiger partial charge in [-0.15, -0.1) is 0 Å². The highest BCUT2D eigenvalue weighted by molar-refractivity contribution is 6.43. The van der Waals surface area contributed by atoms with Crippen molar-refractivity contribution in [2.45, 2.75) is 20.3 Å². The van der Waals surface area contributed by atoms with E-state index in [1.54, 1.807) is 18.2 Å². The zero-order valence-corrected chi connectivity index (χ0v) is 12.8. The molecule has 19 heavy (non-hydrogen) atoms. The van der Waals surface area contributed by atoms with Gasteiger partial charge in [0.25, 0.3) is 0 Å². The van der Waals surface area contributed by atoms with Crippen LogP contribution in [0.1, 0.15) is 30.6 Å². The first kappa shape index (κ1) is 14.8. The van der Waals surface area contributed by atoms with Crippen molar-refractivity contribution in [1.29, 1.82) is 0 Å². The number of nitrogens with zero attached hydrogens (tertiary/aromatic N) is 1. The minimum absolute atomic E-state index is 0.0692. The van der Waals surface area contributed by atoms with E-state index in [0.717, 1.165) is 19.6 Å². The summed E-state index contributed by atoms with van der Waals surface area (Å²) >= 11 is 12.0. The Bertz CT molecular complexity index is 465. The van der Waals surface area contributed by atoms with Gasteiger partial charge in [-0.2, -0.15) is 0 Å². The third kappa shape index (κ3) is 3.50. The van der Waals surface area contributed by atoms with Gasteiger partial charge in [0.05, 0.1) is 10.0 Å². The summed E-state index contributed by atoms with van der Waals surface area (Å²) in [7, 11) is 0. The Balaban J connectivity index is 1.93. The summed E-state index contributed by atoms with van der Waals surface area (Å²) in [5.74, 6) is 1.49. The van der Waals surface area contributed by atoms with E-state index in [0.29, 0.717) is 33.9 Å². The van der Waals surface area contributed by atoms with Crippen molar-refractivity contribution in [3.8, 4) is 0 Å². The van der Waals surface area contributed by atoms with E-state index in [9.17, 15) is 4.79 Å². The van der Waals surface area contributed by atoms with Crippen LogP contribution in [0.25, 0.3) is 0 Å². The van der Waals surface area contributed by atoms with E-state index in [2.05, 4.69) is 18.7 Å². The number of Topliss-reactive ketones (excluding diaryl/α,β-unsaturated/α-hetero) is 1. The monoisotopic (exact) mass is 299 g/mol. The number of halogens is 2. The molecular weight excluding hydrogens is 281 g/mol. The largest absolute Gasteiger partial charge is 0.302 e. The van der Waals surface area contributed by atoms with E-state index < -0.39 is 0 Å². The minimum Gasteiger partial charge on any atom is -0.302 e. The van der Waals surface area contributed by atoms with E-state index >= 15 is 0 Å². The molecule has 0 saturated carbocycles. The Labute approximate surface area is 124 Å². The highest BCUT2D eigenvalue weighted by Gasteiger charge is 2.26. The molecule has 1 heterocycles. The molecule has 0 spiro atoms. The van der Waals surface area contributed by atoms with Gasteiger partial charge in [-0.25, -0.2) is 0 Å². The summed E-state index contributed by atoms with van der Waals surface area (Å²) in [6.07, 6.45) is 0.500. The fraction of sp³-hybridized carbons (Fsp3) is 0.533. The summed E-state index contributed by atoms with van der Waals surface area (Å²) in [4.78, 5) is 14.5. The number of carbonyl (C=O) groups excluding carboxylic acids is 1. The predicted octanol–water partition coefficient (Wildman–Crippen LogP) is 4.15. The van der Waals surface area contributed by atoms with Crippen LogP contribution < -0.4 is 0 Å². The smallest absolute Gasteiger partial charge is 0.165 e. The molecule has 0 bridgehead atoms. The quantitative estimate of drug-likeness (QED) is 0.778. The number of hydrogen-bond acceptors (Lipinski definition) is 2. The zero-order valence-electron chi connectivity index (χ0n) is 11.3. The highest BCUT2D eigenvalue weighted by atomic mass is 35.5. The van der Waals surface area contributed by atoms with Crippen LogP contribution in [-0.4, -0.2) is 30.3 Å². The molecule has 2 unspecified atom stereocenters. The zero-order chi connectivity index (χ0) is 14.0. The molecule has 0 aromatic heterocycles. The van der Waals surface area contributed by atoms with Crippen LogP contribution in [0.3, 0.4) is 0 Å². The Morgan fingerprint density at radius 2 is 1.89 bits per heavy atom. The second-order valence-electron chi connectivity index (χ2n) is 5.49. The number of rotatable bonds is 4. The molecule has 2 atom stereocenters. The first-order valence-electron chi connectivity index (χ1n) is 6.68. The maximum Gasteiger partial charge on any atom is 0.165 e. The van der Waals surface area contributed by atoms with Crippen molar-refractivity contribution in [2.24, 2.45) is 11.8 Å². The van der Waals surface area contributed by atoms with Gasteiger partial charge in [-0.05, 0) is 24.0 Å². The topological polar surface area (TPSA) is 20.3 Å². The fourth-order valence-electron chi connectivity index (χ4n) is 2.55. The highest BCUT2D eigenvalue weighted by Crippen LogP contribution is 2.27. The number of carbonyl (C=O) groups is 1. The summed E-state index contributed by atoms with van der Waals surface area (Å²) in [5, 5.41) is 0.813. The first-order chi connectivity index (χ1) is 8.99. The van der Waals surface area contributed by atoms with Gasteiger partial charge in [0, 0.05) is 31.6 Å². The first-order valence-corrected chi connectivity index (χ1v) is 7.44. The summed E-state index contributed by atoms with van der Waals surface area (Å²) in [5.41, 5.74) is 0.537. The molecule has 1 aromatic carbocycles. The summed E-state index contributed by atoms with van der Waals surface area (Å²) in [6.45, 7) is 7.49. The molecular formula is C15H19Cl2NO. The Kier molecular flexibility index (Phi) is 4.88. The van der Waals surface area contributed by atoms with Gasteiger partial charge in [0.15, 0.2) is 5.78 Å². The Hall–Kier alpha value is -0.570. The van der Waals surface area contributed by atoms with Crippen LogP contribution in [0.5, 0.6) is 0 Å². The van der Waals surface area contributed by atoms with Gasteiger partial charge in [-0.1, -0.05) is 43.1 Å². The lowest BCUT2D eigenvalue weighted by atomic mass is 10.0. The molecule has 0 aliphatic carbocycles. The third-order valence-corrected chi connectivity index (χ3v) is 4.79. The molecule has 1 aliphatic rings. The molecule has 1 aromatic rings. The number of likely N-dealkylation sites (tertiary alicyclic amines) is 1. The summed E-state index contributed by atoms with van der Waals surface area (Å²) < 4.78 is 0. The third-order valence-electron chi connectivity index (χ3n) is 3.97. The average Bonchev–Trinajstić information content (AvgIpc) is 2.69. The lowest BCUT2D eigenvalue weighted by Crippen LogP contribution is -2.24. The maximum atomic E-state index is 12.2. The minimum atomic E-state index is 0.0692. The van der Waals surface area contributed by atoms with Crippen molar-refractivity contribution in [1.82, 2.24) is 4.90 Å². The number of benzene rings is 1. The molecule has 104 valence electrons. The van der Waals surface area contributed by atoms with E-state index in [-0.39, 0.29) is 5.78 Å². The van der Waals surface area contributed by atoms with Crippen molar-refractivity contribution in [3.63, 3.8) is 0 Å². The molecule has 4 heteroatoms. The van der Waals surface area contributed by atoms with Crippen LogP contribution >= 0.6 is 23.2 Å². The number of hydrogen-bond donors (Lipinski definition) is 0. The SMILES string of the molecule is CC1CN(CCC(=O)c2cccc(Cl)c2Cl)CC1C. The molecule has 0 N–H and O–H groups in total. The van der Waals surface area contributed by atoms with E-state index in [1.165, 1.54) is 0 Å². The average molecular weight is 300 g/mol. The van der Waals surface area contributed by atoms with Crippen LogP contribution in [-0.2, 0) is 0 Å². The van der Waals surface area contributed by atoms with Crippen LogP contribution in [0.4, 0.5) is 0 Å². The van der Waals surface area contributed by atoms with Crippen LogP contribution in [0.2, 0.25) is 10.0 Å². The standard InChI is InChI=1S/C15H19Cl2NO/c1-10-8-18(9-11(10)2)7-6-14(19)12-4-3-5-13(16)15(12)17/h3-5,10-11H,6-9H2,1-2H3.